The fourth-order valence-corrected chi connectivity index (χ4v) is 3.97. The predicted octanol–water partition coefficient (Wildman–Crippen LogP) is 3.60. The van der Waals surface area contributed by atoms with Crippen LogP contribution in [0.25, 0.3) is 10.8 Å². The molecule has 0 aliphatic rings. The number of carbonyl (C=O) groups is 2. The molecule has 0 aromatic heterocycles. The number of benzene rings is 3. The van der Waals surface area contributed by atoms with E-state index in [1.807, 2.05) is 12.1 Å². The van der Waals surface area contributed by atoms with Crippen molar-refractivity contribution >= 4 is 32.5 Å². The molecule has 0 saturated carbocycles. The predicted molar refractivity (Wildman–Crippen MR) is 110 cm³/mol. The Morgan fingerprint density at radius 1 is 0.968 bits per heavy atom. The molecule has 9 heteroatoms. The van der Waals surface area contributed by atoms with Crippen molar-refractivity contribution in [2.75, 3.05) is 6.54 Å². The van der Waals surface area contributed by atoms with Gasteiger partial charge in [-0.2, -0.15) is 0 Å². The van der Waals surface area contributed by atoms with Crippen molar-refractivity contribution in [3.8, 4) is 0 Å². The van der Waals surface area contributed by atoms with Crippen LogP contribution < -0.4 is 4.72 Å². The van der Waals surface area contributed by atoms with Gasteiger partial charge in [0.05, 0.1) is 11.3 Å². The van der Waals surface area contributed by atoms with Crippen molar-refractivity contribution in [2.24, 2.45) is 0 Å². The Balaban J connectivity index is 1.54. The van der Waals surface area contributed by atoms with Crippen LogP contribution in [0.4, 0.5) is 8.78 Å². The van der Waals surface area contributed by atoms with Gasteiger partial charge in [0, 0.05) is 12.1 Å². The van der Waals surface area contributed by atoms with Gasteiger partial charge in [-0.1, -0.05) is 30.3 Å². The lowest BCUT2D eigenvalue weighted by atomic mass is 10.1. The maximum Gasteiger partial charge on any atom is 0.307 e. The molecular formula is C22H19F2NO5S. The van der Waals surface area contributed by atoms with E-state index in [0.29, 0.717) is 0 Å². The number of sulfonamides is 1. The molecule has 3 aromatic rings. The molecule has 0 heterocycles. The zero-order chi connectivity index (χ0) is 22.6. The summed E-state index contributed by atoms with van der Waals surface area (Å²) in [5.74, 6) is -3.80. The summed E-state index contributed by atoms with van der Waals surface area (Å²) < 4.78 is 58.4. The van der Waals surface area contributed by atoms with E-state index in [4.69, 9.17) is 4.74 Å². The summed E-state index contributed by atoms with van der Waals surface area (Å²) in [7, 11) is -3.85. The van der Waals surface area contributed by atoms with Gasteiger partial charge in [0.15, 0.2) is 17.7 Å². The standard InChI is InChI=1S/C22H19F2NO5S/c1-14(22(27)17-7-9-19(23)20(24)13-17)30-21(26)10-11-25-31(28,29)18-8-6-15-4-2-3-5-16(15)12-18/h2-9,12-14,25H,10-11H2,1H3/t14-/m1/s1. The zero-order valence-electron chi connectivity index (χ0n) is 16.5. The molecule has 0 spiro atoms. The highest BCUT2D eigenvalue weighted by molar-refractivity contribution is 7.89. The number of carbonyl (C=O) groups excluding carboxylic acids is 2. The van der Waals surface area contributed by atoms with Crippen LogP contribution in [-0.4, -0.2) is 32.8 Å². The molecule has 3 aromatic carbocycles. The van der Waals surface area contributed by atoms with Gasteiger partial charge in [-0.25, -0.2) is 21.9 Å². The minimum atomic E-state index is -3.85. The maximum absolute atomic E-state index is 13.3. The van der Waals surface area contributed by atoms with Crippen LogP contribution in [0, 0.1) is 11.6 Å². The molecule has 31 heavy (non-hydrogen) atoms. The summed E-state index contributed by atoms with van der Waals surface area (Å²) >= 11 is 0. The monoisotopic (exact) mass is 447 g/mol. The van der Waals surface area contributed by atoms with Crippen LogP contribution in [0.1, 0.15) is 23.7 Å². The lowest BCUT2D eigenvalue weighted by molar-refractivity contribution is -0.146. The molecule has 3 rings (SSSR count). The van der Waals surface area contributed by atoms with Crippen LogP contribution >= 0.6 is 0 Å². The van der Waals surface area contributed by atoms with Crippen molar-refractivity contribution in [2.45, 2.75) is 24.3 Å². The quantitative estimate of drug-likeness (QED) is 0.421. The second-order valence-corrected chi connectivity index (χ2v) is 8.55. The van der Waals surface area contributed by atoms with Gasteiger partial charge in [-0.3, -0.25) is 9.59 Å². The summed E-state index contributed by atoms with van der Waals surface area (Å²) in [6.45, 7) is 1.06. The molecule has 0 fully saturated rings. The van der Waals surface area contributed by atoms with E-state index in [0.717, 1.165) is 29.0 Å². The number of fused-ring (bicyclic) bond motifs is 1. The van der Waals surface area contributed by atoms with E-state index in [1.54, 1.807) is 18.2 Å². The Morgan fingerprint density at radius 3 is 2.39 bits per heavy atom. The van der Waals surface area contributed by atoms with E-state index in [1.165, 1.54) is 19.1 Å². The van der Waals surface area contributed by atoms with Gasteiger partial charge in [0.2, 0.25) is 15.8 Å². The van der Waals surface area contributed by atoms with Gasteiger partial charge in [0.25, 0.3) is 0 Å². The normalized spacial score (nSPS) is 12.5. The Kier molecular flexibility index (Phi) is 6.77. The van der Waals surface area contributed by atoms with Gasteiger partial charge in [-0.05, 0) is 48.0 Å². The topological polar surface area (TPSA) is 89.5 Å². The van der Waals surface area contributed by atoms with E-state index in [9.17, 15) is 26.8 Å². The molecular weight excluding hydrogens is 428 g/mol. The average Bonchev–Trinajstić information content (AvgIpc) is 2.74. The molecule has 0 saturated heterocycles. The summed E-state index contributed by atoms with van der Waals surface area (Å²) in [5, 5.41) is 1.65. The fraction of sp³-hybridized carbons (Fsp3) is 0.182. The summed E-state index contributed by atoms with van der Waals surface area (Å²) in [6.07, 6.45) is -1.56. The number of rotatable bonds is 8. The molecule has 0 aliphatic carbocycles. The zero-order valence-corrected chi connectivity index (χ0v) is 17.3. The third-order valence-corrected chi connectivity index (χ3v) is 5.99. The van der Waals surface area contributed by atoms with Gasteiger partial charge in [-0.15, -0.1) is 0 Å². The van der Waals surface area contributed by atoms with Gasteiger partial charge in [0.1, 0.15) is 0 Å². The smallest absolute Gasteiger partial charge is 0.307 e. The third-order valence-electron chi connectivity index (χ3n) is 4.53. The number of esters is 1. The number of halogens is 2. The molecule has 162 valence electrons. The van der Waals surface area contributed by atoms with Crippen molar-refractivity contribution in [3.63, 3.8) is 0 Å². The Morgan fingerprint density at radius 2 is 1.68 bits per heavy atom. The Hall–Kier alpha value is -3.17. The first kappa shape index (κ1) is 22.5. The lowest BCUT2D eigenvalue weighted by Gasteiger charge is -2.13. The van der Waals surface area contributed by atoms with Crippen molar-refractivity contribution in [3.05, 3.63) is 77.9 Å². The second kappa shape index (κ2) is 9.32. The molecule has 0 unspecified atom stereocenters. The summed E-state index contributed by atoms with van der Waals surface area (Å²) in [5.41, 5.74) is -0.142. The van der Waals surface area contributed by atoms with E-state index >= 15 is 0 Å². The van der Waals surface area contributed by atoms with Crippen LogP contribution in [-0.2, 0) is 19.6 Å². The number of ether oxygens (including phenoxy) is 1. The molecule has 0 bridgehead atoms. The summed E-state index contributed by atoms with van der Waals surface area (Å²) in [4.78, 5) is 24.2. The second-order valence-electron chi connectivity index (χ2n) is 6.78. The molecule has 0 amide bonds. The van der Waals surface area contributed by atoms with Crippen LogP contribution in [0.15, 0.2) is 65.6 Å². The van der Waals surface area contributed by atoms with Crippen molar-refractivity contribution in [1.29, 1.82) is 0 Å². The largest absolute Gasteiger partial charge is 0.454 e. The van der Waals surface area contributed by atoms with E-state index in [-0.39, 0.29) is 23.4 Å². The first-order valence-electron chi connectivity index (χ1n) is 9.34. The molecule has 0 aliphatic heterocycles. The van der Waals surface area contributed by atoms with Crippen LogP contribution in [0.5, 0.6) is 0 Å². The maximum atomic E-state index is 13.3. The molecule has 6 nitrogen and oxygen atoms in total. The highest BCUT2D eigenvalue weighted by Crippen LogP contribution is 2.19. The highest BCUT2D eigenvalue weighted by Gasteiger charge is 2.21. The number of hydrogen-bond donors (Lipinski definition) is 1. The number of nitrogens with one attached hydrogen (secondary N) is 1. The van der Waals surface area contributed by atoms with E-state index < -0.39 is 39.5 Å². The lowest BCUT2D eigenvalue weighted by Crippen LogP contribution is -2.29. The van der Waals surface area contributed by atoms with Gasteiger partial charge >= 0.3 is 5.97 Å². The Bertz CT molecular complexity index is 1240. The first-order valence-corrected chi connectivity index (χ1v) is 10.8. The summed E-state index contributed by atoms with van der Waals surface area (Å²) in [6, 6.07) is 14.6. The molecule has 1 atom stereocenters. The highest BCUT2D eigenvalue weighted by atomic mass is 32.2. The average molecular weight is 447 g/mol. The number of ketones is 1. The van der Waals surface area contributed by atoms with E-state index in [2.05, 4.69) is 4.72 Å². The number of hydrogen-bond acceptors (Lipinski definition) is 5. The van der Waals surface area contributed by atoms with Crippen LogP contribution in [0.3, 0.4) is 0 Å². The third kappa shape index (κ3) is 5.50. The van der Waals surface area contributed by atoms with Crippen molar-refractivity contribution in [1.82, 2.24) is 4.72 Å². The molecule has 0 radical (unpaired) electrons. The SMILES string of the molecule is C[C@@H](OC(=O)CCNS(=O)(=O)c1ccc2ccccc2c1)C(=O)c1ccc(F)c(F)c1. The minimum absolute atomic E-state index is 0.0569. The van der Waals surface area contributed by atoms with Gasteiger partial charge < -0.3 is 4.74 Å². The first-order chi connectivity index (χ1) is 14.7. The van der Waals surface area contributed by atoms with Crippen LogP contribution in [0.2, 0.25) is 0 Å². The Labute approximate surface area is 177 Å². The van der Waals surface area contributed by atoms with Crippen molar-refractivity contribution < 1.29 is 31.5 Å². The molecule has 1 N–H and O–H groups in total. The minimum Gasteiger partial charge on any atom is -0.454 e. The number of Topliss-reactive ketones (excluding diaryl/α,β-unsaturated/α-hetero) is 1. The fourth-order valence-electron chi connectivity index (χ4n) is 2.90.